The maximum absolute atomic E-state index is 12.9. The number of nitrogens with zero attached hydrogens (tertiary/aromatic N) is 2. The number of carbonyl (C=O) groups is 2. The Hall–Kier alpha value is -2.56. The Morgan fingerprint density at radius 3 is 2.74 bits per heavy atom. The fourth-order valence-corrected chi connectivity index (χ4v) is 4.68. The topological polar surface area (TPSA) is 49.9 Å². The van der Waals surface area contributed by atoms with Crippen LogP contribution in [0.15, 0.2) is 48.3 Å². The van der Waals surface area contributed by atoms with Crippen molar-refractivity contribution in [1.82, 2.24) is 4.90 Å². The second-order valence-corrected chi connectivity index (χ2v) is 8.50. The molecule has 3 aliphatic rings. The molecule has 0 spiro atoms. The predicted octanol–water partition coefficient (Wildman–Crippen LogP) is 4.49. The Morgan fingerprint density at radius 2 is 2.04 bits per heavy atom. The predicted molar refractivity (Wildman–Crippen MR) is 104 cm³/mol. The first-order valence-corrected chi connectivity index (χ1v) is 9.56. The Labute approximate surface area is 160 Å². The Morgan fingerprint density at radius 1 is 1.30 bits per heavy atom. The van der Waals surface area contributed by atoms with Crippen LogP contribution >= 0.6 is 0 Å². The molecule has 27 heavy (non-hydrogen) atoms. The van der Waals surface area contributed by atoms with Crippen LogP contribution in [0.5, 0.6) is 0 Å². The summed E-state index contributed by atoms with van der Waals surface area (Å²) in [5.74, 6) is 0.0955. The lowest BCUT2D eigenvalue weighted by molar-refractivity contribution is -0.118. The number of carbonyl (C=O) groups excluding carboxylic acids is 2. The second kappa shape index (κ2) is 5.98. The van der Waals surface area contributed by atoms with E-state index in [9.17, 15) is 9.59 Å². The highest BCUT2D eigenvalue weighted by atomic mass is 16.6. The summed E-state index contributed by atoms with van der Waals surface area (Å²) in [4.78, 5) is 29.3. The zero-order valence-corrected chi connectivity index (χ0v) is 16.2. The number of hydrogen-bond acceptors (Lipinski definition) is 3. The van der Waals surface area contributed by atoms with Crippen LogP contribution < -0.4 is 4.90 Å². The van der Waals surface area contributed by atoms with Crippen molar-refractivity contribution in [3.8, 4) is 0 Å². The maximum Gasteiger partial charge on any atom is 0.414 e. The van der Waals surface area contributed by atoms with Gasteiger partial charge in [-0.3, -0.25) is 14.6 Å². The largest absolute Gasteiger partial charge is 0.443 e. The van der Waals surface area contributed by atoms with Crippen molar-refractivity contribution >= 4 is 17.7 Å². The number of benzene rings is 1. The summed E-state index contributed by atoms with van der Waals surface area (Å²) in [6.45, 7) is 10.2. The van der Waals surface area contributed by atoms with Crippen molar-refractivity contribution in [2.75, 3.05) is 11.4 Å². The van der Waals surface area contributed by atoms with E-state index in [1.807, 2.05) is 49.9 Å². The van der Waals surface area contributed by atoms with E-state index in [2.05, 4.69) is 12.6 Å². The molecule has 1 aromatic carbocycles. The molecule has 3 aliphatic heterocycles. The van der Waals surface area contributed by atoms with Gasteiger partial charge in [-0.15, -0.1) is 6.58 Å². The molecule has 0 bridgehead atoms. The first-order valence-electron chi connectivity index (χ1n) is 9.56. The van der Waals surface area contributed by atoms with Crippen LogP contribution in [-0.4, -0.2) is 29.0 Å². The van der Waals surface area contributed by atoms with Gasteiger partial charge in [0.1, 0.15) is 5.60 Å². The van der Waals surface area contributed by atoms with Gasteiger partial charge in [-0.25, -0.2) is 4.79 Å². The minimum absolute atomic E-state index is 0.0955. The molecule has 1 unspecified atom stereocenters. The Balaban J connectivity index is 1.88. The van der Waals surface area contributed by atoms with Crippen molar-refractivity contribution in [3.63, 3.8) is 0 Å². The lowest BCUT2D eigenvalue weighted by Gasteiger charge is -2.44. The van der Waals surface area contributed by atoms with Gasteiger partial charge < -0.3 is 4.74 Å². The molecular formula is C22H26N2O3. The molecule has 0 fully saturated rings. The summed E-state index contributed by atoms with van der Waals surface area (Å²) in [5, 5.41) is 0. The fraction of sp³-hybridized carbons (Fsp3) is 0.455. The van der Waals surface area contributed by atoms with Crippen LogP contribution in [0.25, 0.3) is 0 Å². The number of anilines is 1. The lowest BCUT2D eigenvalue weighted by atomic mass is 9.71. The Kier molecular flexibility index (Phi) is 3.95. The third-order valence-electron chi connectivity index (χ3n) is 5.63. The monoisotopic (exact) mass is 366 g/mol. The van der Waals surface area contributed by atoms with E-state index in [1.165, 1.54) is 0 Å². The van der Waals surface area contributed by atoms with E-state index in [-0.39, 0.29) is 17.4 Å². The fourth-order valence-electron chi connectivity index (χ4n) is 4.68. The average molecular weight is 366 g/mol. The van der Waals surface area contributed by atoms with Crippen LogP contribution in [0.2, 0.25) is 0 Å². The van der Waals surface area contributed by atoms with E-state index in [0.29, 0.717) is 19.4 Å². The Bertz CT molecular complexity index is 865. The van der Waals surface area contributed by atoms with E-state index < -0.39 is 5.60 Å². The van der Waals surface area contributed by atoms with Crippen molar-refractivity contribution in [1.29, 1.82) is 0 Å². The van der Waals surface area contributed by atoms with E-state index in [0.717, 1.165) is 35.5 Å². The van der Waals surface area contributed by atoms with Gasteiger partial charge >= 0.3 is 6.09 Å². The molecule has 0 radical (unpaired) electrons. The average Bonchev–Trinajstić information content (AvgIpc) is 2.89. The van der Waals surface area contributed by atoms with Crippen molar-refractivity contribution in [3.05, 3.63) is 53.9 Å². The molecular weight excluding hydrogens is 340 g/mol. The van der Waals surface area contributed by atoms with Crippen LogP contribution in [0.1, 0.15) is 52.0 Å². The number of ether oxygens (including phenoxy) is 1. The molecule has 5 nitrogen and oxygen atoms in total. The molecule has 3 heterocycles. The minimum atomic E-state index is -0.555. The first kappa shape index (κ1) is 17.8. The second-order valence-electron chi connectivity index (χ2n) is 8.50. The summed E-state index contributed by atoms with van der Waals surface area (Å²) in [7, 11) is 0. The summed E-state index contributed by atoms with van der Waals surface area (Å²) in [6, 6.07) is 8.10. The third-order valence-corrected chi connectivity index (χ3v) is 5.63. The molecule has 0 saturated heterocycles. The zero-order chi connectivity index (χ0) is 19.4. The van der Waals surface area contributed by atoms with Gasteiger partial charge in [0.15, 0.2) is 0 Å². The molecule has 4 rings (SSSR count). The molecule has 2 amide bonds. The lowest BCUT2D eigenvalue weighted by Crippen LogP contribution is -2.50. The molecule has 1 atom stereocenters. The standard InChI is InChI=1S/C22H26N2O3/c1-5-12-22-13-14-23(20(26)27-21(2,3)4)17-10-11-18(25)24(19(17)22)16-9-7-6-8-15(16)22/h5-9H,1,10-14H2,2-4H3. The molecule has 142 valence electrons. The van der Waals surface area contributed by atoms with Crippen LogP contribution in [0.3, 0.4) is 0 Å². The van der Waals surface area contributed by atoms with Gasteiger partial charge in [0.2, 0.25) is 5.91 Å². The molecule has 0 aliphatic carbocycles. The number of para-hydroxylation sites is 1. The van der Waals surface area contributed by atoms with Crippen LogP contribution in [0.4, 0.5) is 10.5 Å². The number of amides is 2. The smallest absolute Gasteiger partial charge is 0.414 e. The number of hydrogen-bond donors (Lipinski definition) is 0. The number of rotatable bonds is 2. The van der Waals surface area contributed by atoms with Crippen molar-refractivity contribution in [2.24, 2.45) is 0 Å². The first-order chi connectivity index (χ1) is 12.8. The SMILES string of the molecule is C=CCC12CCN(C(=O)OC(C)(C)C)C3=C1N(C(=O)CC3)c1ccccc12. The van der Waals surface area contributed by atoms with Gasteiger partial charge in [0.05, 0.1) is 11.4 Å². The van der Waals surface area contributed by atoms with E-state index in [1.54, 1.807) is 4.90 Å². The highest BCUT2D eigenvalue weighted by Gasteiger charge is 2.54. The molecule has 0 aromatic heterocycles. The third kappa shape index (κ3) is 2.59. The quantitative estimate of drug-likeness (QED) is 0.725. The molecule has 0 N–H and O–H groups in total. The molecule has 0 saturated carbocycles. The zero-order valence-electron chi connectivity index (χ0n) is 16.2. The van der Waals surface area contributed by atoms with Gasteiger partial charge in [-0.05, 0) is 51.7 Å². The summed E-state index contributed by atoms with van der Waals surface area (Å²) in [6.07, 6.45) is 4.05. The van der Waals surface area contributed by atoms with Gasteiger partial charge in [0, 0.05) is 24.1 Å². The summed E-state index contributed by atoms with van der Waals surface area (Å²) < 4.78 is 5.64. The van der Waals surface area contributed by atoms with Crippen molar-refractivity contribution in [2.45, 2.75) is 57.5 Å². The number of fused-ring (bicyclic) bond motifs is 3. The highest BCUT2D eigenvalue weighted by molar-refractivity contribution is 6.02. The summed E-state index contributed by atoms with van der Waals surface area (Å²) in [5.41, 5.74) is 3.15. The number of allylic oxidation sites excluding steroid dienone is 3. The van der Waals surface area contributed by atoms with Gasteiger partial charge in [-0.2, -0.15) is 0 Å². The van der Waals surface area contributed by atoms with Gasteiger partial charge in [0.25, 0.3) is 0 Å². The van der Waals surface area contributed by atoms with Crippen molar-refractivity contribution < 1.29 is 14.3 Å². The van der Waals surface area contributed by atoms with Crippen LogP contribution in [-0.2, 0) is 14.9 Å². The maximum atomic E-state index is 12.9. The van der Waals surface area contributed by atoms with E-state index in [4.69, 9.17) is 4.74 Å². The van der Waals surface area contributed by atoms with Gasteiger partial charge in [-0.1, -0.05) is 24.3 Å². The normalized spacial score (nSPS) is 23.9. The highest BCUT2D eigenvalue weighted by Crippen LogP contribution is 2.57. The summed E-state index contributed by atoms with van der Waals surface area (Å²) >= 11 is 0. The molecule has 5 heteroatoms. The van der Waals surface area contributed by atoms with Crippen LogP contribution in [0, 0.1) is 0 Å². The molecule has 1 aromatic rings. The van der Waals surface area contributed by atoms with E-state index >= 15 is 0 Å². The minimum Gasteiger partial charge on any atom is -0.443 e.